The number of benzene rings is 1. The molecule has 3 heteroatoms. The van der Waals surface area contributed by atoms with Gasteiger partial charge in [-0.1, -0.05) is 41.1 Å². The highest BCUT2D eigenvalue weighted by Gasteiger charge is 2.35. The number of aliphatic hydroxyl groups is 1. The Balaban J connectivity index is 2.20. The second kappa shape index (κ2) is 5.21. The van der Waals surface area contributed by atoms with Gasteiger partial charge < -0.3 is 5.11 Å². The molecule has 0 saturated carbocycles. The Kier molecular flexibility index (Phi) is 3.55. The summed E-state index contributed by atoms with van der Waals surface area (Å²) < 4.78 is 0.933. The van der Waals surface area contributed by atoms with Gasteiger partial charge in [0.25, 0.3) is 0 Å². The van der Waals surface area contributed by atoms with Crippen molar-refractivity contribution < 1.29 is 9.90 Å². The Morgan fingerprint density at radius 3 is 2.60 bits per heavy atom. The molecule has 4 rings (SSSR count). The fourth-order valence-electron chi connectivity index (χ4n) is 3.12. The highest BCUT2D eigenvalue weighted by atomic mass is 79.9. The third-order valence-corrected chi connectivity index (χ3v) is 4.77. The topological polar surface area (TPSA) is 37.3 Å². The Bertz CT molecular complexity index is 628. The minimum atomic E-state index is -0.0745. The first kappa shape index (κ1) is 13.6. The molecule has 20 heavy (non-hydrogen) atoms. The minimum absolute atomic E-state index is 0.00334. The zero-order chi connectivity index (χ0) is 14.3. The molecule has 1 aromatic rings. The highest BCUT2D eigenvalue weighted by molar-refractivity contribution is 9.10. The first-order valence-electron chi connectivity index (χ1n) is 7.06. The summed E-state index contributed by atoms with van der Waals surface area (Å²) in [5.74, 6) is 0.233. The molecule has 0 radical (unpaired) electrons. The lowest BCUT2D eigenvalue weighted by molar-refractivity contribution is -0.116. The molecule has 0 aromatic heterocycles. The number of ketones is 1. The van der Waals surface area contributed by atoms with Crippen LogP contribution in [-0.4, -0.2) is 10.9 Å². The number of allylic oxidation sites excluding steroid dienone is 3. The van der Waals surface area contributed by atoms with Crippen LogP contribution >= 0.6 is 15.9 Å². The number of carbonyl (C=O) groups is 1. The molecule has 0 spiro atoms. The maximum atomic E-state index is 12.7. The molecule has 1 unspecified atom stereocenters. The van der Waals surface area contributed by atoms with Crippen molar-refractivity contribution in [3.8, 4) is 0 Å². The molecule has 2 bridgehead atoms. The van der Waals surface area contributed by atoms with E-state index in [1.165, 1.54) is 0 Å². The predicted molar refractivity (Wildman–Crippen MR) is 83.4 cm³/mol. The molecule has 0 heterocycles. The summed E-state index contributed by atoms with van der Waals surface area (Å²) in [5.41, 5.74) is 2.51. The number of hydrogen-bond donors (Lipinski definition) is 1. The van der Waals surface area contributed by atoms with Gasteiger partial charge in [-0.2, -0.15) is 0 Å². The molecule has 0 aliphatic heterocycles. The van der Waals surface area contributed by atoms with Gasteiger partial charge in [-0.3, -0.25) is 4.79 Å². The second-order valence-corrected chi connectivity index (χ2v) is 6.37. The van der Waals surface area contributed by atoms with Crippen LogP contribution in [0.3, 0.4) is 0 Å². The van der Waals surface area contributed by atoms with Gasteiger partial charge in [-0.05, 0) is 42.5 Å². The van der Waals surface area contributed by atoms with Crippen LogP contribution in [0, 0.1) is 11.8 Å². The number of halogens is 1. The third kappa shape index (κ3) is 2.14. The van der Waals surface area contributed by atoms with Gasteiger partial charge in [0.05, 0.1) is 5.57 Å². The van der Waals surface area contributed by atoms with Crippen LogP contribution in [-0.2, 0) is 11.2 Å². The van der Waals surface area contributed by atoms with Gasteiger partial charge in [0.2, 0.25) is 0 Å². The van der Waals surface area contributed by atoms with E-state index in [-0.39, 0.29) is 23.4 Å². The van der Waals surface area contributed by atoms with Crippen molar-refractivity contribution in [3.05, 3.63) is 51.7 Å². The van der Waals surface area contributed by atoms with E-state index in [4.69, 9.17) is 0 Å². The number of aryl methyl sites for hydroxylation is 1. The average Bonchev–Trinajstić information content (AvgIpc) is 2.65. The van der Waals surface area contributed by atoms with E-state index in [0.717, 1.165) is 34.9 Å². The SMILES string of the molecule is CCc1ccc(Br)cc1C1=C(O)[C@H]2C=CC(CC2)C1=O. The smallest absolute Gasteiger partial charge is 0.173 e. The summed E-state index contributed by atoms with van der Waals surface area (Å²) in [7, 11) is 0. The van der Waals surface area contributed by atoms with Crippen LogP contribution in [0.1, 0.15) is 30.9 Å². The van der Waals surface area contributed by atoms with Crippen molar-refractivity contribution in [1.29, 1.82) is 0 Å². The summed E-state index contributed by atoms with van der Waals surface area (Å²) in [5, 5.41) is 10.6. The third-order valence-electron chi connectivity index (χ3n) is 4.28. The first-order chi connectivity index (χ1) is 9.61. The Morgan fingerprint density at radius 1 is 1.25 bits per heavy atom. The zero-order valence-corrected chi connectivity index (χ0v) is 13.0. The number of Topliss-reactive ketones (excluding diaryl/α,β-unsaturated/α-hetero) is 1. The van der Waals surface area contributed by atoms with E-state index < -0.39 is 0 Å². The van der Waals surface area contributed by atoms with E-state index in [9.17, 15) is 9.90 Å². The van der Waals surface area contributed by atoms with Crippen LogP contribution in [0.15, 0.2) is 40.6 Å². The molecule has 0 fully saturated rings. The Hall–Kier alpha value is -1.35. The lowest BCUT2D eigenvalue weighted by Crippen LogP contribution is -2.14. The van der Waals surface area contributed by atoms with Crippen LogP contribution in [0.4, 0.5) is 0 Å². The largest absolute Gasteiger partial charge is 0.511 e. The molecule has 0 saturated heterocycles. The average molecular weight is 333 g/mol. The Labute approximate surface area is 127 Å². The molecule has 3 aliphatic carbocycles. The maximum absolute atomic E-state index is 12.7. The summed E-state index contributed by atoms with van der Waals surface area (Å²) in [6.45, 7) is 2.07. The molecular weight excluding hydrogens is 316 g/mol. The van der Waals surface area contributed by atoms with Gasteiger partial charge in [0, 0.05) is 16.3 Å². The van der Waals surface area contributed by atoms with Gasteiger partial charge in [0.1, 0.15) is 5.76 Å². The highest BCUT2D eigenvalue weighted by Crippen LogP contribution is 2.40. The lowest BCUT2D eigenvalue weighted by Gasteiger charge is -2.15. The van der Waals surface area contributed by atoms with Gasteiger partial charge in [-0.25, -0.2) is 0 Å². The Morgan fingerprint density at radius 2 is 1.95 bits per heavy atom. The summed E-state index contributed by atoms with van der Waals surface area (Å²) in [6, 6.07) is 5.95. The van der Waals surface area contributed by atoms with Crippen LogP contribution < -0.4 is 0 Å². The fourth-order valence-corrected chi connectivity index (χ4v) is 3.48. The molecular formula is C17H17BrO2. The van der Waals surface area contributed by atoms with E-state index in [0.29, 0.717) is 5.57 Å². The number of hydrogen-bond acceptors (Lipinski definition) is 2. The predicted octanol–water partition coefficient (Wildman–Crippen LogP) is 4.45. The number of aliphatic hydroxyl groups excluding tert-OH is 1. The van der Waals surface area contributed by atoms with Crippen molar-refractivity contribution in [2.24, 2.45) is 11.8 Å². The van der Waals surface area contributed by atoms with E-state index in [1.807, 2.05) is 30.4 Å². The molecule has 3 aliphatic rings. The summed E-state index contributed by atoms with van der Waals surface area (Å²) >= 11 is 3.47. The molecule has 2 nitrogen and oxygen atoms in total. The van der Waals surface area contributed by atoms with Gasteiger partial charge >= 0.3 is 0 Å². The minimum Gasteiger partial charge on any atom is -0.511 e. The van der Waals surface area contributed by atoms with E-state index in [2.05, 4.69) is 22.9 Å². The van der Waals surface area contributed by atoms with Crippen LogP contribution in [0.2, 0.25) is 0 Å². The van der Waals surface area contributed by atoms with Crippen LogP contribution in [0.25, 0.3) is 5.57 Å². The van der Waals surface area contributed by atoms with Crippen molar-refractivity contribution in [3.63, 3.8) is 0 Å². The second-order valence-electron chi connectivity index (χ2n) is 5.45. The lowest BCUT2D eigenvalue weighted by atomic mass is 9.88. The molecule has 2 atom stereocenters. The molecule has 104 valence electrons. The van der Waals surface area contributed by atoms with Crippen molar-refractivity contribution in [2.45, 2.75) is 26.2 Å². The maximum Gasteiger partial charge on any atom is 0.173 e. The van der Waals surface area contributed by atoms with Gasteiger partial charge in [-0.15, -0.1) is 0 Å². The van der Waals surface area contributed by atoms with E-state index >= 15 is 0 Å². The first-order valence-corrected chi connectivity index (χ1v) is 7.85. The molecule has 1 N–H and O–H groups in total. The monoisotopic (exact) mass is 332 g/mol. The summed E-state index contributed by atoms with van der Waals surface area (Å²) in [4.78, 5) is 12.7. The quantitative estimate of drug-likeness (QED) is 0.812. The van der Waals surface area contributed by atoms with Crippen molar-refractivity contribution >= 4 is 27.3 Å². The molecule has 0 amide bonds. The molecule has 1 aromatic carbocycles. The van der Waals surface area contributed by atoms with E-state index in [1.54, 1.807) is 0 Å². The number of fused-ring (bicyclic) bond motifs is 2. The van der Waals surface area contributed by atoms with Crippen LogP contribution in [0.5, 0.6) is 0 Å². The standard InChI is InChI=1S/C17H17BrO2/c1-2-10-7-8-13(18)9-14(10)15-16(19)11-3-4-12(6-5-11)17(15)20/h3-4,7-9,11-12,19H,2,5-6H2,1H3/t11-,12?/m0/s1. The normalized spacial score (nSPS) is 25.2. The van der Waals surface area contributed by atoms with Gasteiger partial charge in [0.15, 0.2) is 5.78 Å². The summed E-state index contributed by atoms with van der Waals surface area (Å²) in [6.07, 6.45) is 6.48. The van der Waals surface area contributed by atoms with Crippen molar-refractivity contribution in [1.82, 2.24) is 0 Å². The number of carbonyl (C=O) groups excluding carboxylic acids is 1. The number of rotatable bonds is 2. The zero-order valence-electron chi connectivity index (χ0n) is 11.4. The fraction of sp³-hybridized carbons (Fsp3) is 0.353. The van der Waals surface area contributed by atoms with Crippen molar-refractivity contribution in [2.75, 3.05) is 0 Å².